The number of pyridine rings is 1. The Labute approximate surface area is 146 Å². The average Bonchev–Trinajstić information content (AvgIpc) is 2.61. The highest BCUT2D eigenvalue weighted by Gasteiger charge is 2.21. The molecule has 1 aliphatic heterocycles. The second-order valence-electron chi connectivity index (χ2n) is 6.10. The summed E-state index contributed by atoms with van der Waals surface area (Å²) < 4.78 is 0. The average molecular weight is 337 g/mol. The molecule has 3 rings (SSSR count). The lowest BCUT2D eigenvalue weighted by molar-refractivity contribution is -0.384. The lowest BCUT2D eigenvalue weighted by atomic mass is 10.1. The molecule has 1 saturated heterocycles. The molecule has 1 aromatic carbocycles. The first-order valence-corrected chi connectivity index (χ1v) is 8.12. The van der Waals surface area contributed by atoms with Gasteiger partial charge in [-0.05, 0) is 32.0 Å². The molecule has 2 heterocycles. The maximum absolute atomic E-state index is 10.8. The molecule has 0 unspecified atom stereocenters. The summed E-state index contributed by atoms with van der Waals surface area (Å²) in [6.45, 7) is 6.96. The number of benzene rings is 1. The van der Waals surface area contributed by atoms with Crippen molar-refractivity contribution in [1.29, 1.82) is 5.26 Å². The van der Waals surface area contributed by atoms with E-state index < -0.39 is 0 Å². The van der Waals surface area contributed by atoms with Crippen LogP contribution < -0.4 is 9.80 Å². The number of hydrogen-bond acceptors (Lipinski definition) is 6. The molecule has 0 atom stereocenters. The number of nitrogens with zero attached hydrogens (tertiary/aromatic N) is 5. The van der Waals surface area contributed by atoms with Crippen molar-refractivity contribution in [2.75, 3.05) is 36.0 Å². The van der Waals surface area contributed by atoms with Crippen LogP contribution in [0.1, 0.15) is 17.0 Å². The molecule has 0 spiro atoms. The van der Waals surface area contributed by atoms with Crippen molar-refractivity contribution in [2.24, 2.45) is 0 Å². The van der Waals surface area contributed by atoms with Gasteiger partial charge in [-0.25, -0.2) is 0 Å². The molecular weight excluding hydrogens is 318 g/mol. The Morgan fingerprint density at radius 2 is 1.72 bits per heavy atom. The van der Waals surface area contributed by atoms with E-state index in [1.807, 2.05) is 19.9 Å². The summed E-state index contributed by atoms with van der Waals surface area (Å²) >= 11 is 0. The van der Waals surface area contributed by atoms with E-state index in [4.69, 9.17) is 0 Å². The molecule has 7 nitrogen and oxygen atoms in total. The van der Waals surface area contributed by atoms with E-state index in [9.17, 15) is 15.4 Å². The number of non-ortho nitro benzene ring substituents is 1. The van der Waals surface area contributed by atoms with E-state index in [-0.39, 0.29) is 10.6 Å². The van der Waals surface area contributed by atoms with Crippen LogP contribution in [0.3, 0.4) is 0 Å². The highest BCUT2D eigenvalue weighted by Crippen LogP contribution is 2.26. The summed E-state index contributed by atoms with van der Waals surface area (Å²) in [6, 6.07) is 10.9. The molecule has 0 bridgehead atoms. The van der Waals surface area contributed by atoms with Crippen LogP contribution in [-0.4, -0.2) is 36.1 Å². The van der Waals surface area contributed by atoms with Crippen molar-refractivity contribution in [2.45, 2.75) is 13.8 Å². The van der Waals surface area contributed by atoms with Crippen LogP contribution >= 0.6 is 0 Å². The molecule has 1 fully saturated rings. The van der Waals surface area contributed by atoms with Crippen molar-refractivity contribution in [3.05, 3.63) is 57.4 Å². The summed E-state index contributed by atoms with van der Waals surface area (Å²) in [7, 11) is 0. The Kier molecular flexibility index (Phi) is 4.52. The summed E-state index contributed by atoms with van der Waals surface area (Å²) in [5.74, 6) is 0. The molecule has 0 radical (unpaired) electrons. The molecule has 1 aliphatic rings. The second-order valence-corrected chi connectivity index (χ2v) is 6.10. The van der Waals surface area contributed by atoms with E-state index in [0.29, 0.717) is 5.56 Å². The topological polar surface area (TPSA) is 86.3 Å². The van der Waals surface area contributed by atoms with Gasteiger partial charge in [0.25, 0.3) is 5.69 Å². The van der Waals surface area contributed by atoms with E-state index in [2.05, 4.69) is 20.9 Å². The Hall–Kier alpha value is -3.14. The Morgan fingerprint density at radius 3 is 2.28 bits per heavy atom. The maximum atomic E-state index is 10.8. The summed E-state index contributed by atoms with van der Waals surface area (Å²) in [5, 5.41) is 20.2. The minimum atomic E-state index is -0.390. The molecular formula is C18H19N5O2. The normalized spacial score (nSPS) is 14.3. The van der Waals surface area contributed by atoms with Gasteiger partial charge in [0.1, 0.15) is 6.07 Å². The third-order valence-electron chi connectivity index (χ3n) is 4.47. The predicted octanol–water partition coefficient (Wildman–Crippen LogP) is 2.80. The van der Waals surface area contributed by atoms with Crippen molar-refractivity contribution < 1.29 is 4.92 Å². The first kappa shape index (κ1) is 16.7. The molecule has 7 heteroatoms. The second kappa shape index (κ2) is 6.77. The number of rotatable bonds is 3. The quantitative estimate of drug-likeness (QED) is 0.632. The lowest BCUT2D eigenvalue weighted by Crippen LogP contribution is -2.46. The summed E-state index contributed by atoms with van der Waals surface area (Å²) in [6.07, 6.45) is 0. The standard InChI is InChI=1S/C18H19N5O2/c1-13-11-18(17(12-19)14(2)20-13)22-9-7-21(8-10-22)15-3-5-16(6-4-15)23(24)25/h3-6,11H,7-10H2,1-2H3. The van der Waals surface area contributed by atoms with Gasteiger partial charge in [0.2, 0.25) is 0 Å². The molecule has 0 amide bonds. The van der Waals surface area contributed by atoms with Gasteiger partial charge < -0.3 is 9.80 Å². The van der Waals surface area contributed by atoms with Crippen molar-refractivity contribution in [3.8, 4) is 6.07 Å². The number of nitro benzene ring substituents is 1. The first-order valence-electron chi connectivity index (χ1n) is 8.12. The van der Waals surface area contributed by atoms with Gasteiger partial charge in [0.15, 0.2) is 0 Å². The van der Waals surface area contributed by atoms with Crippen LogP contribution in [0.4, 0.5) is 17.1 Å². The fourth-order valence-corrected chi connectivity index (χ4v) is 3.19. The van der Waals surface area contributed by atoms with Gasteiger partial charge in [-0.2, -0.15) is 5.26 Å². The zero-order valence-electron chi connectivity index (χ0n) is 14.3. The number of anilines is 2. The van der Waals surface area contributed by atoms with Gasteiger partial charge >= 0.3 is 0 Å². The number of aromatic nitrogens is 1. The van der Waals surface area contributed by atoms with Crippen molar-refractivity contribution >= 4 is 17.1 Å². The molecule has 2 aromatic rings. The van der Waals surface area contributed by atoms with Crippen LogP contribution in [0.2, 0.25) is 0 Å². The molecule has 25 heavy (non-hydrogen) atoms. The molecule has 0 saturated carbocycles. The monoisotopic (exact) mass is 337 g/mol. The van der Waals surface area contributed by atoms with Crippen molar-refractivity contribution in [3.63, 3.8) is 0 Å². The van der Waals surface area contributed by atoms with Crippen molar-refractivity contribution in [1.82, 2.24) is 4.98 Å². The third-order valence-corrected chi connectivity index (χ3v) is 4.47. The van der Waals surface area contributed by atoms with Gasteiger partial charge in [0, 0.05) is 49.7 Å². The Bertz CT molecular complexity index is 834. The predicted molar refractivity (Wildman–Crippen MR) is 95.9 cm³/mol. The smallest absolute Gasteiger partial charge is 0.269 e. The highest BCUT2D eigenvalue weighted by molar-refractivity contribution is 5.63. The zero-order chi connectivity index (χ0) is 18.0. The fraction of sp³-hybridized carbons (Fsp3) is 0.333. The fourth-order valence-electron chi connectivity index (χ4n) is 3.19. The zero-order valence-corrected chi connectivity index (χ0v) is 14.3. The number of aryl methyl sites for hydroxylation is 2. The number of nitro groups is 1. The minimum Gasteiger partial charge on any atom is -0.368 e. The minimum absolute atomic E-state index is 0.101. The van der Waals surface area contributed by atoms with Gasteiger partial charge in [-0.1, -0.05) is 0 Å². The number of nitriles is 1. The van der Waals surface area contributed by atoms with Crippen LogP contribution in [0, 0.1) is 35.3 Å². The van der Waals surface area contributed by atoms with E-state index in [1.54, 1.807) is 12.1 Å². The number of piperazine rings is 1. The summed E-state index contributed by atoms with van der Waals surface area (Å²) in [5.41, 5.74) is 4.32. The number of hydrogen-bond donors (Lipinski definition) is 0. The Balaban J connectivity index is 1.74. The molecule has 0 N–H and O–H groups in total. The van der Waals surface area contributed by atoms with Crippen LogP contribution in [0.5, 0.6) is 0 Å². The maximum Gasteiger partial charge on any atom is 0.269 e. The molecule has 128 valence electrons. The van der Waals surface area contributed by atoms with Crippen LogP contribution in [-0.2, 0) is 0 Å². The van der Waals surface area contributed by atoms with Crippen LogP contribution in [0.15, 0.2) is 30.3 Å². The van der Waals surface area contributed by atoms with E-state index in [1.165, 1.54) is 12.1 Å². The van der Waals surface area contributed by atoms with Gasteiger partial charge in [-0.3, -0.25) is 15.1 Å². The highest BCUT2D eigenvalue weighted by atomic mass is 16.6. The SMILES string of the molecule is Cc1cc(N2CCN(c3ccc([N+](=O)[O-])cc3)CC2)c(C#N)c(C)n1. The third kappa shape index (κ3) is 3.38. The molecule has 0 aliphatic carbocycles. The van der Waals surface area contributed by atoms with E-state index in [0.717, 1.165) is 48.9 Å². The first-order chi connectivity index (χ1) is 12.0. The van der Waals surface area contributed by atoms with Crippen LogP contribution in [0.25, 0.3) is 0 Å². The van der Waals surface area contributed by atoms with Gasteiger partial charge in [0.05, 0.1) is 21.9 Å². The van der Waals surface area contributed by atoms with Gasteiger partial charge in [-0.15, -0.1) is 0 Å². The summed E-state index contributed by atoms with van der Waals surface area (Å²) in [4.78, 5) is 19.2. The molecule has 1 aromatic heterocycles. The Morgan fingerprint density at radius 1 is 1.12 bits per heavy atom. The largest absolute Gasteiger partial charge is 0.368 e. The van der Waals surface area contributed by atoms with E-state index >= 15 is 0 Å². The lowest BCUT2D eigenvalue weighted by Gasteiger charge is -2.37.